The van der Waals surface area contributed by atoms with Crippen LogP contribution in [0, 0.1) is 0 Å². The van der Waals surface area contributed by atoms with E-state index in [9.17, 15) is 0 Å². The summed E-state index contributed by atoms with van der Waals surface area (Å²) in [5, 5.41) is 9.51. The molecule has 0 bridgehead atoms. The Morgan fingerprint density at radius 1 is 0.151 bits per heavy atom. The van der Waals surface area contributed by atoms with Crippen LogP contribution in [0.4, 0.5) is 68.2 Å². The Morgan fingerprint density at radius 3 is 0.720 bits per heavy atom. The molecule has 16 aromatic rings. The number of fused-ring (bicyclic) bond motifs is 4. The first-order valence-electron chi connectivity index (χ1n) is 31.9. The third-order valence-electron chi connectivity index (χ3n) is 18.3. The van der Waals surface area contributed by atoms with E-state index in [1.165, 1.54) is 43.1 Å². The van der Waals surface area contributed by atoms with E-state index in [1.54, 1.807) is 0 Å². The Labute approximate surface area is 543 Å². The Kier molecular flexibility index (Phi) is 14.8. The van der Waals surface area contributed by atoms with Gasteiger partial charge in [-0.15, -0.1) is 0 Å². The summed E-state index contributed by atoms with van der Waals surface area (Å²) in [6, 6.07) is 142. The minimum Gasteiger partial charge on any atom is -0.310 e. The Morgan fingerprint density at radius 2 is 0.387 bits per heavy atom. The van der Waals surface area contributed by atoms with Crippen LogP contribution in [0.15, 0.2) is 388 Å². The molecule has 0 N–H and O–H groups in total. The van der Waals surface area contributed by atoms with Crippen LogP contribution in [-0.2, 0) is 5.41 Å². The predicted molar refractivity (Wildman–Crippen MR) is 394 cm³/mol. The number of nitrogens with zero attached hydrogens (tertiary/aromatic N) is 4. The van der Waals surface area contributed by atoms with Crippen LogP contribution in [0.25, 0.3) is 43.1 Å². The van der Waals surface area contributed by atoms with Crippen LogP contribution < -0.4 is 19.6 Å². The lowest BCUT2D eigenvalue weighted by Gasteiger charge is -2.38. The molecule has 0 aliphatic carbocycles. The van der Waals surface area contributed by atoms with Crippen molar-refractivity contribution < 1.29 is 0 Å². The van der Waals surface area contributed by atoms with E-state index in [0.717, 1.165) is 90.5 Å². The molecule has 0 aliphatic heterocycles. The van der Waals surface area contributed by atoms with Crippen molar-refractivity contribution in [3.63, 3.8) is 0 Å². The van der Waals surface area contributed by atoms with Crippen molar-refractivity contribution in [2.45, 2.75) is 5.41 Å². The molecule has 93 heavy (non-hydrogen) atoms. The number of hydrogen-bond acceptors (Lipinski definition) is 4. The van der Waals surface area contributed by atoms with E-state index in [0.29, 0.717) is 0 Å². The molecule has 440 valence electrons. The van der Waals surface area contributed by atoms with E-state index in [4.69, 9.17) is 0 Å². The van der Waals surface area contributed by atoms with E-state index in [2.05, 4.69) is 408 Å². The van der Waals surface area contributed by atoms with Gasteiger partial charge in [-0.1, -0.05) is 255 Å². The first-order chi connectivity index (χ1) is 46.1. The maximum absolute atomic E-state index is 2.40. The summed E-state index contributed by atoms with van der Waals surface area (Å²) >= 11 is 0. The number of hydrogen-bond donors (Lipinski definition) is 0. The molecule has 16 aromatic carbocycles. The van der Waals surface area contributed by atoms with Gasteiger partial charge in [-0.3, -0.25) is 0 Å². The molecule has 0 saturated heterocycles. The molecule has 4 heteroatoms. The second kappa shape index (κ2) is 24.6. The van der Waals surface area contributed by atoms with Gasteiger partial charge in [-0.05, 0) is 188 Å². The Balaban J connectivity index is 0.930. The van der Waals surface area contributed by atoms with Crippen LogP contribution >= 0.6 is 0 Å². The summed E-state index contributed by atoms with van der Waals surface area (Å²) in [6.45, 7) is 0. The average molecular weight is 1190 g/mol. The van der Waals surface area contributed by atoms with E-state index < -0.39 is 5.41 Å². The van der Waals surface area contributed by atoms with Gasteiger partial charge < -0.3 is 19.6 Å². The number of anilines is 12. The third-order valence-corrected chi connectivity index (χ3v) is 18.3. The van der Waals surface area contributed by atoms with Gasteiger partial charge in [0.1, 0.15) is 0 Å². The summed E-state index contributed by atoms with van der Waals surface area (Å²) < 4.78 is 0. The molecular weight excluding hydrogens is 1130 g/mol. The van der Waals surface area contributed by atoms with Crippen molar-refractivity contribution in [1.82, 2.24) is 0 Å². The van der Waals surface area contributed by atoms with Crippen molar-refractivity contribution in [2.75, 3.05) is 19.6 Å². The second-order valence-electron chi connectivity index (χ2n) is 23.7. The lowest BCUT2D eigenvalue weighted by molar-refractivity contribution is 0.745. The minimum absolute atomic E-state index is 0.900. The number of benzene rings is 16. The summed E-state index contributed by atoms with van der Waals surface area (Å²) in [5.41, 5.74) is 16.4. The number of rotatable bonds is 16. The normalized spacial score (nSPS) is 11.4. The molecule has 16 rings (SSSR count). The van der Waals surface area contributed by atoms with Gasteiger partial charge in [0, 0.05) is 67.6 Å². The van der Waals surface area contributed by atoms with Gasteiger partial charge in [0.25, 0.3) is 0 Å². The van der Waals surface area contributed by atoms with Gasteiger partial charge in [0.15, 0.2) is 0 Å². The van der Waals surface area contributed by atoms with Gasteiger partial charge in [0.2, 0.25) is 0 Å². The van der Waals surface area contributed by atoms with Gasteiger partial charge in [-0.25, -0.2) is 0 Å². The highest BCUT2D eigenvalue weighted by molar-refractivity contribution is 6.01. The van der Waals surface area contributed by atoms with Crippen LogP contribution in [0.5, 0.6) is 0 Å². The second-order valence-corrected chi connectivity index (χ2v) is 23.7. The smallest absolute Gasteiger partial charge is 0.0701 e. The standard InChI is InChI=1S/C89H64N4/c1-5-31-75(32-6-1)90(83-53-43-65-23-13-15-27-69(65)63-83)79-55-45-71(46-56-79)89(72-47-57-80(58-48-72)91(76-33-7-2-8-34-76)84-54-44-66-24-14-16-28-70(66)64-84,73-49-59-81(60-50-73)92(77-35-9-3-10-36-77)87-41-21-29-67-25-17-19-39-85(67)87)74-51-61-82(62-52-74)93(78-37-11-4-12-38-78)88-42-22-30-68-26-18-20-40-86(68)88/h1-64H. The molecule has 0 amide bonds. The number of para-hydroxylation sites is 4. The highest BCUT2D eigenvalue weighted by atomic mass is 15.2. The fraction of sp³-hybridized carbons (Fsp3) is 0.0112. The van der Waals surface area contributed by atoms with Crippen LogP contribution in [0.1, 0.15) is 22.3 Å². The maximum Gasteiger partial charge on any atom is 0.0701 e. The van der Waals surface area contributed by atoms with E-state index in [1.807, 2.05) is 0 Å². The van der Waals surface area contributed by atoms with Crippen LogP contribution in [0.2, 0.25) is 0 Å². The minimum atomic E-state index is -0.900. The molecular formula is C89H64N4. The van der Waals surface area contributed by atoms with Crippen LogP contribution in [-0.4, -0.2) is 0 Å². The zero-order valence-electron chi connectivity index (χ0n) is 51.2. The Bertz CT molecular complexity index is 4910. The van der Waals surface area contributed by atoms with Crippen molar-refractivity contribution in [3.8, 4) is 0 Å². The fourth-order valence-corrected chi connectivity index (χ4v) is 13.9. The van der Waals surface area contributed by atoms with Crippen molar-refractivity contribution >= 4 is 111 Å². The zero-order valence-corrected chi connectivity index (χ0v) is 51.2. The maximum atomic E-state index is 2.40. The summed E-state index contributed by atoms with van der Waals surface area (Å²) in [7, 11) is 0. The topological polar surface area (TPSA) is 13.0 Å². The molecule has 0 aliphatic rings. The van der Waals surface area contributed by atoms with Crippen molar-refractivity contribution in [3.05, 3.63) is 411 Å². The van der Waals surface area contributed by atoms with Crippen molar-refractivity contribution in [2.24, 2.45) is 0 Å². The molecule has 0 radical (unpaired) electrons. The first-order valence-corrected chi connectivity index (χ1v) is 31.9. The van der Waals surface area contributed by atoms with Gasteiger partial charge >= 0.3 is 0 Å². The molecule has 0 fully saturated rings. The lowest BCUT2D eigenvalue weighted by Crippen LogP contribution is -2.31. The largest absolute Gasteiger partial charge is 0.310 e. The van der Waals surface area contributed by atoms with Gasteiger partial charge in [-0.2, -0.15) is 0 Å². The Hall–Kier alpha value is -12.2. The fourth-order valence-electron chi connectivity index (χ4n) is 13.9. The highest BCUT2D eigenvalue weighted by Gasteiger charge is 2.39. The van der Waals surface area contributed by atoms with E-state index in [-0.39, 0.29) is 0 Å². The first kappa shape index (κ1) is 56.0. The molecule has 4 nitrogen and oxygen atoms in total. The average Bonchev–Trinajstić information content (AvgIpc) is 0.735. The SMILES string of the molecule is c1ccc(N(c2ccc(C(c3ccc(N(c4ccccc4)c4ccc5ccccc5c4)cc3)(c3ccc(N(c4ccccc4)c4cccc5ccccc45)cc3)c3ccc(N(c4ccccc4)c4cccc5ccccc45)cc3)cc2)c2ccc3ccccc3c2)cc1. The molecule has 0 aromatic heterocycles. The molecule has 0 unspecified atom stereocenters. The van der Waals surface area contributed by atoms with Crippen molar-refractivity contribution in [1.29, 1.82) is 0 Å². The zero-order chi connectivity index (χ0) is 61.9. The summed E-state index contributed by atoms with van der Waals surface area (Å²) in [6.07, 6.45) is 0. The van der Waals surface area contributed by atoms with Gasteiger partial charge in [0.05, 0.1) is 16.8 Å². The molecule has 0 atom stereocenters. The van der Waals surface area contributed by atoms with Crippen LogP contribution in [0.3, 0.4) is 0 Å². The highest BCUT2D eigenvalue weighted by Crippen LogP contribution is 2.50. The third kappa shape index (κ3) is 10.6. The quantitative estimate of drug-likeness (QED) is 0.0894. The molecule has 0 heterocycles. The monoisotopic (exact) mass is 1190 g/mol. The summed E-state index contributed by atoms with van der Waals surface area (Å²) in [5.74, 6) is 0. The predicted octanol–water partition coefficient (Wildman–Crippen LogP) is 24.6. The lowest BCUT2D eigenvalue weighted by atomic mass is 9.65. The van der Waals surface area contributed by atoms with E-state index >= 15 is 0 Å². The molecule has 0 spiro atoms. The summed E-state index contributed by atoms with van der Waals surface area (Å²) in [4.78, 5) is 9.54. The molecule has 0 saturated carbocycles.